The zero-order valence-electron chi connectivity index (χ0n) is 36.0. The minimum atomic E-state index is -0.337. The minimum absolute atomic E-state index is 0.169. The highest BCUT2D eigenvalue weighted by Gasteiger charge is 2.07. The number of carbonyl (C=O) groups excluding carboxylic acids is 2. The van der Waals surface area contributed by atoms with Crippen molar-refractivity contribution in [2.45, 2.75) is 162 Å². The molecule has 2 amide bonds. The molecule has 2 N–H and O–H groups in total. The van der Waals surface area contributed by atoms with Crippen LogP contribution in [0.15, 0.2) is 67.0 Å². The van der Waals surface area contributed by atoms with Crippen LogP contribution in [0.25, 0.3) is 21.9 Å². The van der Waals surface area contributed by atoms with Crippen LogP contribution in [0.1, 0.15) is 159 Å². The highest BCUT2D eigenvalue weighted by atomic mass is 16.5. The summed E-state index contributed by atoms with van der Waals surface area (Å²) >= 11 is 0. The Morgan fingerprint density at radius 3 is 1.19 bits per heavy atom. The van der Waals surface area contributed by atoms with E-state index in [-0.39, 0.29) is 23.1 Å². The van der Waals surface area contributed by atoms with Crippen LogP contribution in [0, 0.1) is 13.8 Å². The van der Waals surface area contributed by atoms with Gasteiger partial charge in [0.2, 0.25) is 11.8 Å². The molecule has 0 aliphatic rings. The topological polar surface area (TPSA) is 137 Å². The van der Waals surface area contributed by atoms with Crippen LogP contribution in [0.4, 0.5) is 0 Å². The zero-order valence-corrected chi connectivity index (χ0v) is 36.0. The summed E-state index contributed by atoms with van der Waals surface area (Å²) in [5.41, 5.74) is 2.28. The van der Waals surface area contributed by atoms with Crippen molar-refractivity contribution in [3.8, 4) is 11.5 Å². The first-order valence-corrected chi connectivity index (χ1v) is 22.7. The van der Waals surface area contributed by atoms with Gasteiger partial charge in [-0.3, -0.25) is 9.59 Å². The van der Waals surface area contributed by atoms with Crippen LogP contribution in [0.3, 0.4) is 0 Å². The lowest BCUT2D eigenvalue weighted by Gasteiger charge is -2.08. The van der Waals surface area contributed by atoms with Crippen LogP contribution in [-0.2, 0) is 9.59 Å². The first kappa shape index (κ1) is 47.1. The van der Waals surface area contributed by atoms with Gasteiger partial charge in [0.15, 0.2) is 0 Å². The van der Waals surface area contributed by atoms with E-state index in [2.05, 4.69) is 10.6 Å². The third-order valence-electron chi connectivity index (χ3n) is 11.0. The Kier molecular flexibility index (Phi) is 22.3. The minimum Gasteiger partial charge on any atom is -0.493 e. The maximum atomic E-state index is 12.2. The number of benzene rings is 2. The van der Waals surface area contributed by atoms with Crippen LogP contribution in [0.2, 0.25) is 0 Å². The van der Waals surface area contributed by atoms with Crippen molar-refractivity contribution in [3.63, 3.8) is 0 Å². The molecule has 2 aromatic carbocycles. The molecular weight excluding hydrogens is 745 g/mol. The molecule has 4 rings (SSSR count). The molecule has 0 bridgehead atoms. The van der Waals surface area contributed by atoms with E-state index in [0.717, 1.165) is 130 Å². The molecule has 0 aliphatic heterocycles. The normalized spacial score (nSPS) is 11.3. The Balaban J connectivity index is 0.823. The number of fused-ring (bicyclic) bond motifs is 2. The first-order valence-electron chi connectivity index (χ1n) is 22.7. The van der Waals surface area contributed by atoms with E-state index >= 15 is 0 Å². The molecule has 0 saturated carbocycles. The van der Waals surface area contributed by atoms with E-state index in [4.69, 9.17) is 18.3 Å². The average Bonchev–Trinajstić information content (AvgIpc) is 3.20. The Labute approximate surface area is 351 Å². The largest absolute Gasteiger partial charge is 0.493 e. The predicted octanol–water partition coefficient (Wildman–Crippen LogP) is 11.2. The van der Waals surface area contributed by atoms with Gasteiger partial charge in [0, 0.05) is 61.0 Å². The van der Waals surface area contributed by atoms with Gasteiger partial charge in [-0.05, 0) is 87.8 Å². The van der Waals surface area contributed by atoms with Crippen molar-refractivity contribution < 1.29 is 27.9 Å². The molecule has 0 atom stereocenters. The molecule has 59 heavy (non-hydrogen) atoms. The monoisotopic (exact) mass is 815 g/mol. The molecule has 2 aromatic heterocycles. The van der Waals surface area contributed by atoms with Crippen LogP contribution < -0.4 is 31.4 Å². The Morgan fingerprint density at radius 2 is 0.797 bits per heavy atom. The number of hydrogen-bond acceptors (Lipinski definition) is 8. The fourth-order valence-electron chi connectivity index (χ4n) is 7.48. The number of aryl methyl sites for hydroxylation is 2. The van der Waals surface area contributed by atoms with Crippen molar-refractivity contribution in [2.24, 2.45) is 0 Å². The molecule has 0 fully saturated rings. The molecule has 0 spiro atoms. The molecule has 0 saturated heterocycles. The fraction of sp³-hybridized carbons (Fsp3) is 0.592. The van der Waals surface area contributed by atoms with Gasteiger partial charge in [-0.2, -0.15) is 0 Å². The summed E-state index contributed by atoms with van der Waals surface area (Å²) in [7, 11) is 0. The number of carbonyl (C=O) groups is 2. The lowest BCUT2D eigenvalue weighted by molar-refractivity contribution is -0.122. The molecule has 10 nitrogen and oxygen atoms in total. The van der Waals surface area contributed by atoms with Crippen molar-refractivity contribution in [3.05, 3.63) is 80.5 Å². The van der Waals surface area contributed by atoms with E-state index in [9.17, 15) is 19.2 Å². The molecule has 324 valence electrons. The molecule has 4 aromatic rings. The molecule has 0 radical (unpaired) electrons. The number of ether oxygens (including phenoxy) is 2. The van der Waals surface area contributed by atoms with Crippen molar-refractivity contribution in [1.29, 1.82) is 0 Å². The van der Waals surface area contributed by atoms with Gasteiger partial charge in [0.25, 0.3) is 0 Å². The van der Waals surface area contributed by atoms with Crippen molar-refractivity contribution in [2.75, 3.05) is 26.3 Å². The third-order valence-corrected chi connectivity index (χ3v) is 11.0. The molecule has 10 heteroatoms. The number of nitrogens with one attached hydrogen (secondary N) is 2. The highest BCUT2D eigenvalue weighted by molar-refractivity contribution is 5.82. The smallest absolute Gasteiger partial charge is 0.336 e. The Morgan fingerprint density at radius 1 is 0.458 bits per heavy atom. The van der Waals surface area contributed by atoms with E-state index in [1.807, 2.05) is 38.1 Å². The summed E-state index contributed by atoms with van der Waals surface area (Å²) in [4.78, 5) is 47.6. The van der Waals surface area contributed by atoms with E-state index in [1.165, 1.54) is 63.5 Å². The van der Waals surface area contributed by atoms with Crippen molar-refractivity contribution >= 4 is 33.8 Å². The van der Waals surface area contributed by atoms with Crippen LogP contribution in [0.5, 0.6) is 11.5 Å². The van der Waals surface area contributed by atoms with Gasteiger partial charge in [-0.1, -0.05) is 96.3 Å². The van der Waals surface area contributed by atoms with E-state index in [1.54, 1.807) is 12.1 Å². The van der Waals surface area contributed by atoms with Gasteiger partial charge < -0.3 is 28.9 Å². The zero-order chi connectivity index (χ0) is 41.9. The second-order valence-corrected chi connectivity index (χ2v) is 16.1. The van der Waals surface area contributed by atoms with Crippen LogP contribution >= 0.6 is 0 Å². The first-order chi connectivity index (χ1) is 28.8. The summed E-state index contributed by atoms with van der Waals surface area (Å²) in [5, 5.41) is 8.01. The lowest BCUT2D eigenvalue weighted by atomic mass is 10.1. The Hall–Kier alpha value is -4.60. The maximum absolute atomic E-state index is 12.2. The summed E-state index contributed by atoms with van der Waals surface area (Å²) in [6, 6.07) is 14.3. The quantitative estimate of drug-likeness (QED) is 0.0367. The van der Waals surface area contributed by atoms with Gasteiger partial charge in [0.1, 0.15) is 22.7 Å². The summed E-state index contributed by atoms with van der Waals surface area (Å²) < 4.78 is 22.3. The predicted molar refractivity (Wildman–Crippen MR) is 238 cm³/mol. The van der Waals surface area contributed by atoms with E-state index < -0.39 is 0 Å². The molecule has 2 heterocycles. The number of unbranched alkanes of at least 4 members (excludes halogenated alkanes) is 18. The second-order valence-electron chi connectivity index (χ2n) is 16.1. The fourth-order valence-corrected chi connectivity index (χ4v) is 7.48. The van der Waals surface area contributed by atoms with Crippen molar-refractivity contribution in [1.82, 2.24) is 10.6 Å². The maximum Gasteiger partial charge on any atom is 0.336 e. The van der Waals surface area contributed by atoms with Gasteiger partial charge in [-0.15, -0.1) is 0 Å². The number of hydrogen-bond donors (Lipinski definition) is 2. The molecule has 0 unspecified atom stereocenters. The van der Waals surface area contributed by atoms with Gasteiger partial charge in [0.05, 0.1) is 13.2 Å². The SMILES string of the molecule is Cc1cc(=O)oc2cc(OCCCCCCCCCCC(=O)NCCCCCCCNC(=O)CCCCCCCCCCOc3ccc4c(C)cc(=O)oc4c3)ccc12. The average molecular weight is 815 g/mol. The standard InChI is InChI=1S/C49H70N2O8/c1-38-34-48(54)58-44-36-40(26-28-42(38)44)56-32-22-16-9-5-3-7-12-18-24-46(52)50-30-20-14-11-15-21-31-51-47(53)25-19-13-8-4-6-10-17-23-33-57-41-27-29-43-39(2)35-49(55)59-45(43)37-41/h26-29,34-37H,3-25,30-33H2,1-2H3,(H,50,52)(H,51,53). The van der Waals surface area contributed by atoms with Gasteiger partial charge >= 0.3 is 11.3 Å². The summed E-state index contributed by atoms with van der Waals surface area (Å²) in [6.45, 7) is 6.62. The summed E-state index contributed by atoms with van der Waals surface area (Å²) in [5.74, 6) is 1.80. The van der Waals surface area contributed by atoms with E-state index in [0.29, 0.717) is 37.2 Å². The molecular formula is C49H70N2O8. The van der Waals surface area contributed by atoms with Crippen LogP contribution in [-0.4, -0.2) is 38.1 Å². The lowest BCUT2D eigenvalue weighted by Crippen LogP contribution is -2.24. The number of amides is 2. The summed E-state index contributed by atoms with van der Waals surface area (Å²) in [6.07, 6.45) is 24.5. The second kappa shape index (κ2) is 28.0. The third kappa shape index (κ3) is 19.3. The highest BCUT2D eigenvalue weighted by Crippen LogP contribution is 2.24. The number of rotatable bonds is 32. The van der Waals surface area contributed by atoms with Gasteiger partial charge in [-0.25, -0.2) is 9.59 Å². The Bertz CT molecular complexity index is 1810. The molecule has 0 aliphatic carbocycles.